The molecule has 1 aromatic heterocycles. The van der Waals surface area contributed by atoms with Crippen molar-refractivity contribution in [2.75, 3.05) is 0 Å². The third-order valence-electron chi connectivity index (χ3n) is 6.50. The Morgan fingerprint density at radius 3 is 1.63 bits per heavy atom. The van der Waals surface area contributed by atoms with Gasteiger partial charge in [0, 0.05) is 53.9 Å². The third-order valence-corrected chi connectivity index (χ3v) is 6.50. The minimum atomic E-state index is -0.587. The zero-order valence-corrected chi connectivity index (χ0v) is 21.4. The highest BCUT2D eigenvalue weighted by Gasteiger charge is 2.34. The highest BCUT2D eigenvalue weighted by molar-refractivity contribution is 6.12. The van der Waals surface area contributed by atoms with Gasteiger partial charge in [-0.25, -0.2) is 0 Å². The van der Waals surface area contributed by atoms with Crippen LogP contribution in [0.1, 0.15) is 0 Å². The first-order chi connectivity index (χ1) is 20.5. The first-order valence-electron chi connectivity index (χ1n) is 12.4. The van der Waals surface area contributed by atoms with Crippen molar-refractivity contribution >= 4 is 21.9 Å². The highest BCUT2D eigenvalue weighted by atomic mass is 16.6. The molecule has 0 unspecified atom stereocenters. The third kappa shape index (κ3) is 4.11. The molecular formula is C30H18O13. The van der Waals surface area contributed by atoms with Crippen molar-refractivity contribution in [3.05, 3.63) is 60.7 Å². The zero-order valence-electron chi connectivity index (χ0n) is 21.4. The van der Waals surface area contributed by atoms with Gasteiger partial charge in [0.1, 0.15) is 40.1 Å². The van der Waals surface area contributed by atoms with Gasteiger partial charge < -0.3 is 64.2 Å². The SMILES string of the molecule is Oc1cc(O)cc(Oc2c(O)cc(O)c3c2Oc2c(O)cc4oc5c(Oc6cc(O)cc(O)c6)c(O)ccc5c4c2O3)c1. The van der Waals surface area contributed by atoms with Crippen LogP contribution in [0.3, 0.4) is 0 Å². The average Bonchev–Trinajstić information content (AvgIpc) is 3.29. The quantitative estimate of drug-likeness (QED) is 0.108. The molecule has 0 radical (unpaired) electrons. The number of phenolic OH excluding ortho intramolecular Hbond substituents is 8. The standard InChI is InChI=1S/C30H18O13/c31-11-3-12(32)6-15(5-11)39-25-18(35)2-1-17-23-22(41-24(17)25)10-21(38)26-29(23)42-28-20(37)9-19(36)27(30(28)43-26)40-16-7-13(33)4-14(34)8-16/h1-10,31-38H. The molecule has 8 N–H and O–H groups in total. The number of benzene rings is 5. The van der Waals surface area contributed by atoms with Crippen LogP contribution in [0.2, 0.25) is 0 Å². The normalized spacial score (nSPS) is 11.9. The summed E-state index contributed by atoms with van der Waals surface area (Å²) >= 11 is 0. The molecule has 13 nitrogen and oxygen atoms in total. The van der Waals surface area contributed by atoms with Crippen LogP contribution in [0.25, 0.3) is 21.9 Å². The summed E-state index contributed by atoms with van der Waals surface area (Å²) < 4.78 is 29.3. The molecule has 0 spiro atoms. The van der Waals surface area contributed by atoms with Crippen LogP contribution in [0.4, 0.5) is 0 Å². The summed E-state index contributed by atoms with van der Waals surface area (Å²) in [4.78, 5) is 0. The molecule has 7 rings (SSSR count). The maximum atomic E-state index is 10.9. The van der Waals surface area contributed by atoms with Gasteiger partial charge in [0.25, 0.3) is 0 Å². The molecule has 0 atom stereocenters. The Labute approximate surface area is 239 Å². The molecule has 1 aliphatic rings. The van der Waals surface area contributed by atoms with E-state index in [9.17, 15) is 40.9 Å². The van der Waals surface area contributed by atoms with Gasteiger partial charge in [0.05, 0.1) is 5.39 Å². The van der Waals surface area contributed by atoms with Crippen LogP contribution in [-0.2, 0) is 0 Å². The van der Waals surface area contributed by atoms with Crippen molar-refractivity contribution < 1.29 is 64.2 Å². The molecule has 0 aliphatic carbocycles. The van der Waals surface area contributed by atoms with E-state index >= 15 is 0 Å². The van der Waals surface area contributed by atoms with Crippen molar-refractivity contribution in [1.29, 1.82) is 0 Å². The molecule has 0 saturated heterocycles. The van der Waals surface area contributed by atoms with Crippen LogP contribution < -0.4 is 18.9 Å². The number of fused-ring (bicyclic) bond motifs is 6. The van der Waals surface area contributed by atoms with Gasteiger partial charge in [0.15, 0.2) is 34.3 Å². The van der Waals surface area contributed by atoms with E-state index in [0.29, 0.717) is 5.39 Å². The molecule has 2 heterocycles. The fourth-order valence-electron chi connectivity index (χ4n) is 4.77. The number of phenols is 8. The second-order valence-electron chi connectivity index (χ2n) is 9.50. The summed E-state index contributed by atoms with van der Waals surface area (Å²) in [5.74, 6) is -4.83. The van der Waals surface area contributed by atoms with E-state index in [0.717, 1.165) is 30.3 Å². The fraction of sp³-hybridized carbons (Fsp3) is 0. The van der Waals surface area contributed by atoms with Crippen LogP contribution in [0.5, 0.6) is 92.0 Å². The molecule has 1 aliphatic heterocycles. The van der Waals surface area contributed by atoms with E-state index < -0.39 is 17.2 Å². The Kier molecular flexibility index (Phi) is 5.33. The Morgan fingerprint density at radius 1 is 0.465 bits per heavy atom. The Bertz CT molecular complexity index is 2090. The van der Waals surface area contributed by atoms with Crippen molar-refractivity contribution in [3.8, 4) is 92.0 Å². The maximum Gasteiger partial charge on any atom is 0.220 e. The summed E-state index contributed by atoms with van der Waals surface area (Å²) in [5.41, 5.74) is 0.0696. The molecule has 5 aromatic carbocycles. The number of hydrogen-bond acceptors (Lipinski definition) is 13. The lowest BCUT2D eigenvalue weighted by Gasteiger charge is -2.24. The fourth-order valence-corrected chi connectivity index (χ4v) is 4.77. The minimum Gasteiger partial charge on any atom is -0.508 e. The van der Waals surface area contributed by atoms with Crippen molar-refractivity contribution in [1.82, 2.24) is 0 Å². The van der Waals surface area contributed by atoms with E-state index in [1.54, 1.807) is 0 Å². The molecule has 6 aromatic rings. The first kappa shape index (κ1) is 25.5. The highest BCUT2D eigenvalue weighted by Crippen LogP contribution is 2.62. The van der Waals surface area contributed by atoms with Crippen LogP contribution in [0.15, 0.2) is 65.1 Å². The van der Waals surface area contributed by atoms with E-state index in [1.807, 2.05) is 0 Å². The number of rotatable bonds is 4. The van der Waals surface area contributed by atoms with Crippen molar-refractivity contribution in [2.45, 2.75) is 0 Å². The summed E-state index contributed by atoms with van der Waals surface area (Å²) in [5, 5.41) is 82.5. The molecule has 0 bridgehead atoms. The minimum absolute atomic E-state index is 0.00248. The van der Waals surface area contributed by atoms with E-state index in [4.69, 9.17) is 23.4 Å². The largest absolute Gasteiger partial charge is 0.508 e. The van der Waals surface area contributed by atoms with Gasteiger partial charge >= 0.3 is 0 Å². The zero-order chi connectivity index (χ0) is 30.2. The molecule has 43 heavy (non-hydrogen) atoms. The van der Waals surface area contributed by atoms with E-state index in [2.05, 4.69) is 0 Å². The lowest BCUT2D eigenvalue weighted by molar-refractivity contribution is 0.303. The lowest BCUT2D eigenvalue weighted by Crippen LogP contribution is -2.02. The van der Waals surface area contributed by atoms with Crippen LogP contribution >= 0.6 is 0 Å². The van der Waals surface area contributed by atoms with Gasteiger partial charge in [-0.1, -0.05) is 0 Å². The van der Waals surface area contributed by atoms with Crippen molar-refractivity contribution in [3.63, 3.8) is 0 Å². The second-order valence-corrected chi connectivity index (χ2v) is 9.50. The number of furan rings is 1. The monoisotopic (exact) mass is 586 g/mol. The summed E-state index contributed by atoms with van der Waals surface area (Å²) in [6.45, 7) is 0. The summed E-state index contributed by atoms with van der Waals surface area (Å²) in [6.07, 6.45) is 0. The lowest BCUT2D eigenvalue weighted by atomic mass is 10.1. The molecule has 0 amide bonds. The maximum absolute atomic E-state index is 10.9. The van der Waals surface area contributed by atoms with E-state index in [1.165, 1.54) is 30.3 Å². The first-order valence-corrected chi connectivity index (χ1v) is 12.4. The Hall–Kier alpha value is -6.50. The number of ether oxygens (including phenoxy) is 4. The van der Waals surface area contributed by atoms with E-state index in [-0.39, 0.29) is 91.3 Å². The molecule has 216 valence electrons. The molecule has 0 fully saturated rings. The topological polar surface area (TPSA) is 212 Å². The van der Waals surface area contributed by atoms with Gasteiger partial charge in [-0.2, -0.15) is 0 Å². The van der Waals surface area contributed by atoms with Crippen LogP contribution in [0, 0.1) is 0 Å². The number of hydrogen-bond donors (Lipinski definition) is 8. The molecular weight excluding hydrogens is 568 g/mol. The van der Waals surface area contributed by atoms with Gasteiger partial charge in [-0.3, -0.25) is 0 Å². The Balaban J connectivity index is 1.38. The summed E-state index contributed by atoms with van der Waals surface area (Å²) in [6, 6.07) is 11.8. The molecule has 13 heteroatoms. The number of aromatic hydroxyl groups is 8. The smallest absolute Gasteiger partial charge is 0.220 e. The van der Waals surface area contributed by atoms with Gasteiger partial charge in [0.2, 0.25) is 28.7 Å². The van der Waals surface area contributed by atoms with Gasteiger partial charge in [-0.15, -0.1) is 0 Å². The second kappa shape index (κ2) is 9.01. The average molecular weight is 586 g/mol. The molecule has 0 saturated carbocycles. The predicted octanol–water partition coefficient (Wildman–Crippen LogP) is 6.71. The summed E-state index contributed by atoms with van der Waals surface area (Å²) in [7, 11) is 0. The van der Waals surface area contributed by atoms with Gasteiger partial charge in [-0.05, 0) is 12.1 Å². The Morgan fingerprint density at radius 2 is 1.00 bits per heavy atom. The van der Waals surface area contributed by atoms with Crippen molar-refractivity contribution in [2.24, 2.45) is 0 Å². The van der Waals surface area contributed by atoms with Crippen LogP contribution in [-0.4, -0.2) is 40.9 Å². The predicted molar refractivity (Wildman–Crippen MR) is 147 cm³/mol.